The number of nitrogens with zero attached hydrogens (tertiary/aromatic N) is 2. The number of hydrogen-bond acceptors (Lipinski definition) is 5. The summed E-state index contributed by atoms with van der Waals surface area (Å²) in [6, 6.07) is 15.8. The Kier molecular flexibility index (Phi) is 5.70. The van der Waals surface area contributed by atoms with Crippen molar-refractivity contribution in [2.75, 3.05) is 23.4 Å². The molecule has 2 aromatic carbocycles. The second kappa shape index (κ2) is 8.77. The van der Waals surface area contributed by atoms with E-state index in [0.717, 1.165) is 40.9 Å². The monoisotopic (exact) mass is 435 g/mol. The number of carbonyl (C=O) groups excluding carboxylic acids is 2. The lowest BCUT2D eigenvalue weighted by Crippen LogP contribution is -2.38. The molecule has 6 nitrogen and oxygen atoms in total. The molecule has 0 saturated carbocycles. The number of anilines is 2. The summed E-state index contributed by atoms with van der Waals surface area (Å²) < 4.78 is 6.86. The van der Waals surface area contributed by atoms with Gasteiger partial charge in [0.2, 0.25) is 11.8 Å². The van der Waals surface area contributed by atoms with E-state index in [1.807, 2.05) is 48.5 Å². The fraction of sp³-hybridized carbons (Fsp3) is 0.375. The Balaban J connectivity index is 1.31. The second-order valence-electron chi connectivity index (χ2n) is 8.19. The summed E-state index contributed by atoms with van der Waals surface area (Å²) in [6.45, 7) is 1.26. The predicted molar refractivity (Wildman–Crippen MR) is 122 cm³/mol. The van der Waals surface area contributed by atoms with Gasteiger partial charge >= 0.3 is 0 Å². The minimum atomic E-state index is -0.196. The first-order valence-corrected chi connectivity index (χ1v) is 11.7. The zero-order valence-corrected chi connectivity index (χ0v) is 18.1. The number of carbonyl (C=O) groups is 2. The van der Waals surface area contributed by atoms with Crippen LogP contribution in [0.3, 0.4) is 0 Å². The van der Waals surface area contributed by atoms with Gasteiger partial charge < -0.3 is 10.1 Å². The maximum absolute atomic E-state index is 13.3. The molecule has 0 bridgehead atoms. The highest BCUT2D eigenvalue weighted by Gasteiger charge is 2.29. The van der Waals surface area contributed by atoms with E-state index < -0.39 is 0 Å². The fourth-order valence-corrected chi connectivity index (χ4v) is 5.33. The molecule has 1 saturated heterocycles. The van der Waals surface area contributed by atoms with Gasteiger partial charge in [0.15, 0.2) is 5.13 Å². The van der Waals surface area contributed by atoms with Gasteiger partial charge in [-0.3, -0.25) is 14.5 Å². The number of nitrogens with one attached hydrogen (secondary N) is 1. The number of ether oxygens (including phenoxy) is 1. The molecule has 2 atom stereocenters. The Morgan fingerprint density at radius 2 is 2.03 bits per heavy atom. The molecule has 0 unspecified atom stereocenters. The van der Waals surface area contributed by atoms with E-state index in [0.29, 0.717) is 30.9 Å². The number of hydrogen-bond donors (Lipinski definition) is 1. The average molecular weight is 436 g/mol. The minimum absolute atomic E-state index is 0.00112. The molecule has 5 rings (SSSR count). The van der Waals surface area contributed by atoms with Crippen LogP contribution in [-0.4, -0.2) is 36.1 Å². The van der Waals surface area contributed by atoms with E-state index in [1.165, 1.54) is 11.3 Å². The summed E-state index contributed by atoms with van der Waals surface area (Å²) in [6.07, 6.45) is 3.52. The molecule has 0 aliphatic carbocycles. The Labute approximate surface area is 185 Å². The van der Waals surface area contributed by atoms with Gasteiger partial charge in [0.1, 0.15) is 0 Å². The first kappa shape index (κ1) is 20.2. The topological polar surface area (TPSA) is 71.5 Å². The lowest BCUT2D eigenvalue weighted by atomic mass is 9.89. The Hall–Kier alpha value is -2.77. The van der Waals surface area contributed by atoms with Crippen LogP contribution in [0.2, 0.25) is 0 Å². The molecule has 0 spiro atoms. The van der Waals surface area contributed by atoms with Crippen molar-refractivity contribution in [2.45, 2.75) is 38.2 Å². The number of aromatic nitrogens is 1. The van der Waals surface area contributed by atoms with E-state index in [2.05, 4.69) is 5.32 Å². The second-order valence-corrected chi connectivity index (χ2v) is 9.20. The zero-order chi connectivity index (χ0) is 21.2. The van der Waals surface area contributed by atoms with Gasteiger partial charge in [-0.05, 0) is 49.4 Å². The van der Waals surface area contributed by atoms with E-state index in [1.54, 1.807) is 4.90 Å². The van der Waals surface area contributed by atoms with Gasteiger partial charge in [-0.1, -0.05) is 41.7 Å². The van der Waals surface area contributed by atoms with Crippen molar-refractivity contribution in [3.05, 3.63) is 54.1 Å². The largest absolute Gasteiger partial charge is 0.376 e. The number of amides is 2. The molecule has 1 fully saturated rings. The summed E-state index contributed by atoms with van der Waals surface area (Å²) in [4.78, 5) is 32.3. The summed E-state index contributed by atoms with van der Waals surface area (Å²) in [7, 11) is 0. The zero-order valence-electron chi connectivity index (χ0n) is 17.3. The van der Waals surface area contributed by atoms with Crippen LogP contribution in [0.25, 0.3) is 10.2 Å². The predicted octanol–water partition coefficient (Wildman–Crippen LogP) is 4.40. The Morgan fingerprint density at radius 3 is 2.87 bits per heavy atom. The maximum Gasteiger partial charge on any atom is 0.228 e. The van der Waals surface area contributed by atoms with Crippen molar-refractivity contribution in [2.24, 2.45) is 5.92 Å². The highest BCUT2D eigenvalue weighted by Crippen LogP contribution is 2.32. The molecule has 0 radical (unpaired) electrons. The minimum Gasteiger partial charge on any atom is -0.376 e. The number of fused-ring (bicyclic) bond motifs is 2. The van der Waals surface area contributed by atoms with Crippen LogP contribution >= 0.6 is 11.3 Å². The molecule has 160 valence electrons. The third-order valence-corrected chi connectivity index (χ3v) is 7.10. The lowest BCUT2D eigenvalue weighted by Gasteiger charge is -2.26. The van der Waals surface area contributed by atoms with E-state index in [-0.39, 0.29) is 23.8 Å². The third kappa shape index (κ3) is 4.34. The van der Waals surface area contributed by atoms with Crippen LogP contribution in [-0.2, 0) is 20.7 Å². The number of benzene rings is 2. The number of thiazole rings is 1. The highest BCUT2D eigenvalue weighted by molar-refractivity contribution is 7.22. The van der Waals surface area contributed by atoms with Crippen LogP contribution in [0.5, 0.6) is 0 Å². The first-order chi connectivity index (χ1) is 15.2. The molecule has 3 heterocycles. The molecule has 31 heavy (non-hydrogen) atoms. The highest BCUT2D eigenvalue weighted by atomic mass is 32.1. The molecule has 2 amide bonds. The first-order valence-electron chi connectivity index (χ1n) is 10.8. The summed E-state index contributed by atoms with van der Waals surface area (Å²) in [5.74, 6) is -0.197. The van der Waals surface area contributed by atoms with Crippen molar-refractivity contribution < 1.29 is 14.3 Å². The van der Waals surface area contributed by atoms with Crippen molar-refractivity contribution >= 4 is 44.2 Å². The molecule has 2 aliphatic rings. The maximum atomic E-state index is 13.3. The average Bonchev–Trinajstić information content (AvgIpc) is 3.45. The summed E-state index contributed by atoms with van der Waals surface area (Å²) in [5.41, 5.74) is 2.91. The van der Waals surface area contributed by atoms with Crippen LogP contribution in [0, 0.1) is 5.92 Å². The van der Waals surface area contributed by atoms with Crippen LogP contribution < -0.4 is 10.2 Å². The summed E-state index contributed by atoms with van der Waals surface area (Å²) in [5, 5.41) is 3.69. The standard InChI is InChI=1S/C24H25N3O3S/c28-22(12-11-17-14-16-6-1-2-8-19(16)25-23(17)29)27(15-18-7-5-13-30-18)24-26-20-9-3-4-10-21(20)31-24/h1-4,6,8-10,17-18H,5,7,11-15H2,(H,25,29)/t17-,18+/m1/s1. The van der Waals surface area contributed by atoms with Crippen molar-refractivity contribution in [1.82, 2.24) is 4.98 Å². The smallest absolute Gasteiger partial charge is 0.228 e. The molecule has 1 aromatic heterocycles. The lowest BCUT2D eigenvalue weighted by molar-refractivity contribution is -0.121. The van der Waals surface area contributed by atoms with Crippen LogP contribution in [0.1, 0.15) is 31.2 Å². The fourth-order valence-electron chi connectivity index (χ4n) is 4.33. The normalized spacial score (nSPS) is 20.5. The van der Waals surface area contributed by atoms with Gasteiger partial charge in [-0.25, -0.2) is 4.98 Å². The quantitative estimate of drug-likeness (QED) is 0.623. The van der Waals surface area contributed by atoms with Gasteiger partial charge in [0.25, 0.3) is 0 Å². The molecule has 3 aromatic rings. The van der Waals surface area contributed by atoms with Gasteiger partial charge in [-0.2, -0.15) is 0 Å². The van der Waals surface area contributed by atoms with E-state index >= 15 is 0 Å². The van der Waals surface area contributed by atoms with E-state index in [4.69, 9.17) is 9.72 Å². The Bertz CT molecular complexity index is 1070. The van der Waals surface area contributed by atoms with Crippen molar-refractivity contribution in [3.63, 3.8) is 0 Å². The molecule has 1 N–H and O–H groups in total. The third-order valence-electron chi connectivity index (χ3n) is 6.04. The molecular formula is C24H25N3O3S. The molecule has 7 heteroatoms. The van der Waals surface area contributed by atoms with Gasteiger partial charge in [0.05, 0.1) is 22.9 Å². The molecule has 2 aliphatic heterocycles. The van der Waals surface area contributed by atoms with Crippen molar-refractivity contribution in [3.8, 4) is 0 Å². The number of para-hydroxylation sites is 2. The van der Waals surface area contributed by atoms with Gasteiger partial charge in [0, 0.05) is 24.6 Å². The van der Waals surface area contributed by atoms with Gasteiger partial charge in [-0.15, -0.1) is 0 Å². The Morgan fingerprint density at radius 1 is 1.19 bits per heavy atom. The van der Waals surface area contributed by atoms with E-state index in [9.17, 15) is 9.59 Å². The van der Waals surface area contributed by atoms with Crippen molar-refractivity contribution in [1.29, 1.82) is 0 Å². The molecular weight excluding hydrogens is 410 g/mol. The summed E-state index contributed by atoms with van der Waals surface area (Å²) >= 11 is 1.53. The van der Waals surface area contributed by atoms with Crippen LogP contribution in [0.4, 0.5) is 10.8 Å². The SMILES string of the molecule is O=C1Nc2ccccc2C[C@H]1CCC(=O)N(C[C@@H]1CCCO1)c1nc2ccccc2s1. The number of rotatable bonds is 6. The van der Waals surface area contributed by atoms with Crippen LogP contribution in [0.15, 0.2) is 48.5 Å².